The Kier molecular flexibility index (Phi) is 11.8. The average molecular weight is 479 g/mol. The maximum atomic E-state index is 13.3. The molecule has 0 atom stereocenters. The van der Waals surface area contributed by atoms with Crippen LogP contribution in [0.5, 0.6) is 0 Å². The molecule has 35 heavy (non-hydrogen) atoms. The smallest absolute Gasteiger partial charge is 0.305 e. The van der Waals surface area contributed by atoms with Gasteiger partial charge in [0.1, 0.15) is 0 Å². The van der Waals surface area contributed by atoms with E-state index in [9.17, 15) is 9.59 Å². The van der Waals surface area contributed by atoms with Gasteiger partial charge < -0.3 is 14.5 Å². The van der Waals surface area contributed by atoms with Gasteiger partial charge in [-0.05, 0) is 49.8 Å². The highest BCUT2D eigenvalue weighted by Crippen LogP contribution is 2.25. The predicted molar refractivity (Wildman–Crippen MR) is 142 cm³/mol. The van der Waals surface area contributed by atoms with E-state index in [0.29, 0.717) is 12.8 Å². The van der Waals surface area contributed by atoms with Crippen molar-refractivity contribution in [2.24, 2.45) is 0 Å². The standard InChI is InChI=1S/C30H42N2O3/c1-35-30(34)19-13-5-3-2-4-12-18-29(33)32(27-16-10-7-11-17-27)28-21-24-31(25-22-28)23-20-26-14-8-6-9-15-26/h6-11,14-17,28H,2-5,12-13,18-25H2,1H3. The first-order chi connectivity index (χ1) is 17.2. The van der Waals surface area contributed by atoms with Gasteiger partial charge in [-0.25, -0.2) is 0 Å². The SMILES string of the molecule is COC(=O)CCCCCCCCC(=O)N(c1ccccc1)C1CCN(CCc2ccccc2)CC1. The van der Waals surface area contributed by atoms with Crippen molar-refractivity contribution in [2.45, 2.75) is 76.7 Å². The van der Waals surface area contributed by atoms with Crippen LogP contribution in [-0.4, -0.2) is 49.6 Å². The first kappa shape index (κ1) is 26.9. The number of carbonyl (C=O) groups is 2. The molecule has 1 aliphatic rings. The highest BCUT2D eigenvalue weighted by Gasteiger charge is 2.28. The van der Waals surface area contributed by atoms with Gasteiger partial charge in [-0.3, -0.25) is 9.59 Å². The molecule has 0 aromatic heterocycles. The van der Waals surface area contributed by atoms with E-state index in [1.807, 2.05) is 18.2 Å². The number of methoxy groups -OCH3 is 1. The fraction of sp³-hybridized carbons (Fsp3) is 0.533. The summed E-state index contributed by atoms with van der Waals surface area (Å²) in [6.45, 7) is 3.16. The molecular weight excluding hydrogens is 436 g/mol. The molecule has 190 valence electrons. The van der Waals surface area contributed by atoms with Crippen LogP contribution < -0.4 is 4.90 Å². The molecule has 2 aromatic rings. The summed E-state index contributed by atoms with van der Waals surface area (Å²) < 4.78 is 4.68. The lowest BCUT2D eigenvalue weighted by Gasteiger charge is -2.38. The maximum absolute atomic E-state index is 13.3. The van der Waals surface area contributed by atoms with Crippen molar-refractivity contribution in [2.75, 3.05) is 31.6 Å². The fourth-order valence-electron chi connectivity index (χ4n) is 4.96. The van der Waals surface area contributed by atoms with Gasteiger partial charge in [0.2, 0.25) is 5.91 Å². The average Bonchev–Trinajstić information content (AvgIpc) is 2.91. The van der Waals surface area contributed by atoms with Crippen molar-refractivity contribution in [1.29, 1.82) is 0 Å². The lowest BCUT2D eigenvalue weighted by atomic mass is 10.00. The largest absolute Gasteiger partial charge is 0.469 e. The van der Waals surface area contributed by atoms with Gasteiger partial charge in [-0.1, -0.05) is 74.2 Å². The van der Waals surface area contributed by atoms with Crippen LogP contribution in [0, 0.1) is 0 Å². The van der Waals surface area contributed by atoms with Gasteiger partial charge in [0.05, 0.1) is 7.11 Å². The number of likely N-dealkylation sites (tertiary alicyclic amines) is 1. The van der Waals surface area contributed by atoms with Crippen LogP contribution in [0.15, 0.2) is 60.7 Å². The number of hydrogen-bond acceptors (Lipinski definition) is 4. The van der Waals surface area contributed by atoms with Gasteiger partial charge >= 0.3 is 5.97 Å². The van der Waals surface area contributed by atoms with Gasteiger partial charge in [-0.2, -0.15) is 0 Å². The molecule has 0 saturated carbocycles. The van der Waals surface area contributed by atoms with Crippen LogP contribution in [0.4, 0.5) is 5.69 Å². The van der Waals surface area contributed by atoms with E-state index in [-0.39, 0.29) is 17.9 Å². The number of anilines is 1. The second kappa shape index (κ2) is 15.4. The molecule has 0 N–H and O–H groups in total. The van der Waals surface area contributed by atoms with Gasteiger partial charge in [0, 0.05) is 44.2 Å². The number of rotatable bonds is 14. The molecule has 1 aliphatic heterocycles. The Labute approximate surface area is 211 Å². The van der Waals surface area contributed by atoms with Gasteiger partial charge in [0.25, 0.3) is 0 Å². The number of hydrogen-bond donors (Lipinski definition) is 0. The molecule has 5 nitrogen and oxygen atoms in total. The van der Waals surface area contributed by atoms with E-state index < -0.39 is 0 Å². The van der Waals surface area contributed by atoms with E-state index >= 15 is 0 Å². The van der Waals surface area contributed by atoms with E-state index in [0.717, 1.165) is 83.1 Å². The van der Waals surface area contributed by atoms with Crippen LogP contribution in [-0.2, 0) is 20.7 Å². The zero-order valence-electron chi connectivity index (χ0n) is 21.4. The normalized spacial score (nSPS) is 14.5. The number of benzene rings is 2. The van der Waals surface area contributed by atoms with Crippen molar-refractivity contribution in [1.82, 2.24) is 4.90 Å². The molecule has 0 unspecified atom stereocenters. The third kappa shape index (κ3) is 9.48. The summed E-state index contributed by atoms with van der Waals surface area (Å²) in [6.07, 6.45) is 10.4. The molecule has 1 heterocycles. The van der Waals surface area contributed by atoms with Crippen LogP contribution in [0.1, 0.15) is 69.8 Å². The molecule has 5 heteroatoms. The van der Waals surface area contributed by atoms with Gasteiger partial charge in [0.15, 0.2) is 0 Å². The van der Waals surface area contributed by atoms with Crippen molar-refractivity contribution in [3.63, 3.8) is 0 Å². The molecule has 1 amide bonds. The zero-order valence-corrected chi connectivity index (χ0v) is 21.4. The first-order valence-corrected chi connectivity index (χ1v) is 13.4. The zero-order chi connectivity index (χ0) is 24.7. The molecule has 0 bridgehead atoms. The fourth-order valence-corrected chi connectivity index (χ4v) is 4.96. The van der Waals surface area contributed by atoms with Crippen LogP contribution in [0.2, 0.25) is 0 Å². The summed E-state index contributed by atoms with van der Waals surface area (Å²) in [7, 11) is 1.44. The highest BCUT2D eigenvalue weighted by atomic mass is 16.5. The Balaban J connectivity index is 1.42. The monoisotopic (exact) mass is 478 g/mol. The van der Waals surface area contributed by atoms with Crippen molar-refractivity contribution >= 4 is 17.6 Å². The summed E-state index contributed by atoms with van der Waals surface area (Å²) in [6, 6.07) is 21.2. The first-order valence-electron chi connectivity index (χ1n) is 13.4. The number of ether oxygens (including phenoxy) is 1. The third-order valence-corrected chi connectivity index (χ3v) is 7.03. The molecule has 0 aliphatic carbocycles. The molecule has 2 aromatic carbocycles. The lowest BCUT2D eigenvalue weighted by molar-refractivity contribution is -0.140. The van der Waals surface area contributed by atoms with Crippen molar-refractivity contribution in [3.05, 3.63) is 66.2 Å². The minimum Gasteiger partial charge on any atom is -0.469 e. The number of amides is 1. The minimum atomic E-state index is -0.126. The number of para-hydroxylation sites is 1. The van der Waals surface area contributed by atoms with E-state index in [2.05, 4.69) is 57.0 Å². The van der Waals surface area contributed by atoms with Crippen LogP contribution >= 0.6 is 0 Å². The van der Waals surface area contributed by atoms with E-state index in [1.165, 1.54) is 12.7 Å². The third-order valence-electron chi connectivity index (χ3n) is 7.03. The Bertz CT molecular complexity index is 864. The second-order valence-corrected chi connectivity index (χ2v) is 9.61. The molecule has 1 fully saturated rings. The summed E-state index contributed by atoms with van der Waals surface area (Å²) >= 11 is 0. The topological polar surface area (TPSA) is 49.9 Å². The Morgan fingerprint density at radius 2 is 1.40 bits per heavy atom. The molecular formula is C30H42N2O3. The number of esters is 1. The quantitative estimate of drug-likeness (QED) is 0.246. The summed E-state index contributed by atoms with van der Waals surface area (Å²) in [5.74, 6) is 0.128. The lowest BCUT2D eigenvalue weighted by Crippen LogP contribution is -2.48. The molecule has 1 saturated heterocycles. The molecule has 0 radical (unpaired) electrons. The number of unbranched alkanes of at least 4 members (excludes halogenated alkanes) is 5. The summed E-state index contributed by atoms with van der Waals surface area (Å²) in [5.41, 5.74) is 2.42. The van der Waals surface area contributed by atoms with Crippen LogP contribution in [0.3, 0.4) is 0 Å². The number of nitrogens with zero attached hydrogens (tertiary/aromatic N) is 2. The summed E-state index contributed by atoms with van der Waals surface area (Å²) in [5, 5.41) is 0. The minimum absolute atomic E-state index is 0.126. The summed E-state index contributed by atoms with van der Waals surface area (Å²) in [4.78, 5) is 29.1. The number of carbonyl (C=O) groups excluding carboxylic acids is 2. The Morgan fingerprint density at radius 3 is 2.03 bits per heavy atom. The maximum Gasteiger partial charge on any atom is 0.305 e. The predicted octanol–water partition coefficient (Wildman–Crippen LogP) is 6.02. The Morgan fingerprint density at radius 1 is 0.829 bits per heavy atom. The molecule has 3 rings (SSSR count). The van der Waals surface area contributed by atoms with Crippen molar-refractivity contribution in [3.8, 4) is 0 Å². The molecule has 0 spiro atoms. The van der Waals surface area contributed by atoms with E-state index in [4.69, 9.17) is 0 Å². The Hall–Kier alpha value is -2.66. The van der Waals surface area contributed by atoms with E-state index in [1.54, 1.807) is 0 Å². The highest BCUT2D eigenvalue weighted by molar-refractivity contribution is 5.93. The second-order valence-electron chi connectivity index (χ2n) is 9.61. The van der Waals surface area contributed by atoms with Gasteiger partial charge in [-0.15, -0.1) is 0 Å². The van der Waals surface area contributed by atoms with Crippen molar-refractivity contribution < 1.29 is 14.3 Å². The van der Waals surface area contributed by atoms with Crippen LogP contribution in [0.25, 0.3) is 0 Å². The number of piperidine rings is 1.